The summed E-state index contributed by atoms with van der Waals surface area (Å²) in [7, 11) is 3.34. The Bertz CT molecular complexity index is 407. The number of carbonyl (C=O) groups excluding carboxylic acids is 1. The van der Waals surface area contributed by atoms with E-state index in [2.05, 4.69) is 20.4 Å². The molecule has 1 unspecified atom stereocenters. The van der Waals surface area contributed by atoms with Crippen molar-refractivity contribution in [3.05, 3.63) is 18.0 Å². The van der Waals surface area contributed by atoms with Gasteiger partial charge in [-0.3, -0.25) is 14.8 Å². The quantitative estimate of drug-likeness (QED) is 0.770. The number of hydrogen-bond acceptors (Lipinski definition) is 4. The number of nitrogens with zero attached hydrogens (tertiary/aromatic N) is 2. The number of aromatic nitrogens is 2. The number of aromatic amines is 1. The first kappa shape index (κ1) is 14.0. The first-order valence-corrected chi connectivity index (χ1v) is 6.67. The average molecular weight is 266 g/mol. The molecule has 0 aliphatic carbocycles. The number of likely N-dealkylation sites (N-methyl/N-ethyl adjacent to an activating group) is 1. The second-order valence-electron chi connectivity index (χ2n) is 4.99. The minimum absolute atomic E-state index is 0.0547. The molecule has 2 heterocycles. The topological polar surface area (TPSA) is 70.2 Å². The molecule has 2 N–H and O–H groups in total. The number of likely N-dealkylation sites (tertiary alicyclic amines) is 1. The molecule has 1 aliphatic heterocycles. The van der Waals surface area contributed by atoms with Gasteiger partial charge in [0.1, 0.15) is 5.54 Å². The zero-order chi connectivity index (χ0) is 13.7. The molecule has 1 fully saturated rings. The Morgan fingerprint density at radius 1 is 1.68 bits per heavy atom. The third-order valence-electron chi connectivity index (χ3n) is 3.88. The van der Waals surface area contributed by atoms with Gasteiger partial charge in [-0.15, -0.1) is 0 Å². The second-order valence-corrected chi connectivity index (χ2v) is 4.99. The third kappa shape index (κ3) is 2.79. The number of hydrogen-bond donors (Lipinski definition) is 2. The number of rotatable bonds is 6. The average Bonchev–Trinajstić information content (AvgIpc) is 3.05. The molecule has 2 rings (SSSR count). The monoisotopic (exact) mass is 266 g/mol. The molecule has 1 aliphatic rings. The van der Waals surface area contributed by atoms with Crippen LogP contribution in [0, 0.1) is 0 Å². The minimum Gasteiger partial charge on any atom is -0.382 e. The van der Waals surface area contributed by atoms with E-state index in [9.17, 15) is 4.79 Å². The fraction of sp³-hybridized carbons (Fsp3) is 0.692. The highest BCUT2D eigenvalue weighted by atomic mass is 16.5. The maximum Gasteiger partial charge on any atom is 0.242 e. The zero-order valence-electron chi connectivity index (χ0n) is 11.6. The van der Waals surface area contributed by atoms with E-state index in [1.165, 1.54) is 0 Å². The molecular weight excluding hydrogens is 244 g/mol. The zero-order valence-corrected chi connectivity index (χ0v) is 11.6. The van der Waals surface area contributed by atoms with Crippen molar-refractivity contribution in [2.24, 2.45) is 0 Å². The predicted molar refractivity (Wildman–Crippen MR) is 71.8 cm³/mol. The van der Waals surface area contributed by atoms with Crippen molar-refractivity contribution in [3.8, 4) is 0 Å². The van der Waals surface area contributed by atoms with E-state index in [1.807, 2.05) is 12.4 Å². The van der Waals surface area contributed by atoms with Gasteiger partial charge in [0.15, 0.2) is 0 Å². The van der Waals surface area contributed by atoms with E-state index < -0.39 is 5.54 Å². The molecule has 0 spiro atoms. The summed E-state index contributed by atoms with van der Waals surface area (Å²) in [5, 5.41) is 9.53. The summed E-state index contributed by atoms with van der Waals surface area (Å²) in [6, 6.07) is 0. The third-order valence-corrected chi connectivity index (χ3v) is 3.88. The predicted octanol–water partition coefficient (Wildman–Crippen LogP) is 0.179. The van der Waals surface area contributed by atoms with E-state index in [0.717, 1.165) is 37.9 Å². The second kappa shape index (κ2) is 6.16. The smallest absolute Gasteiger partial charge is 0.242 e. The Labute approximate surface area is 113 Å². The van der Waals surface area contributed by atoms with Crippen molar-refractivity contribution in [1.82, 2.24) is 20.4 Å². The van der Waals surface area contributed by atoms with Crippen LogP contribution >= 0.6 is 0 Å². The fourth-order valence-corrected chi connectivity index (χ4v) is 2.90. The van der Waals surface area contributed by atoms with Gasteiger partial charge in [-0.25, -0.2) is 0 Å². The lowest BCUT2D eigenvalue weighted by molar-refractivity contribution is -0.134. The Morgan fingerprint density at radius 3 is 3.16 bits per heavy atom. The van der Waals surface area contributed by atoms with E-state index in [0.29, 0.717) is 6.61 Å². The van der Waals surface area contributed by atoms with Crippen molar-refractivity contribution in [1.29, 1.82) is 0 Å². The maximum absolute atomic E-state index is 12.2. The number of ether oxygens (including phenoxy) is 1. The van der Waals surface area contributed by atoms with Crippen molar-refractivity contribution in [2.75, 3.05) is 33.9 Å². The highest BCUT2D eigenvalue weighted by molar-refractivity contribution is 5.86. The molecule has 0 saturated carbocycles. The summed E-state index contributed by atoms with van der Waals surface area (Å²) >= 11 is 0. The maximum atomic E-state index is 12.2. The van der Waals surface area contributed by atoms with Gasteiger partial charge in [-0.2, -0.15) is 5.10 Å². The van der Waals surface area contributed by atoms with Crippen LogP contribution in [0.1, 0.15) is 18.4 Å². The molecule has 0 aromatic carbocycles. The van der Waals surface area contributed by atoms with Gasteiger partial charge < -0.3 is 10.1 Å². The van der Waals surface area contributed by atoms with Crippen LogP contribution < -0.4 is 5.32 Å². The van der Waals surface area contributed by atoms with Crippen LogP contribution in [-0.2, 0) is 16.0 Å². The van der Waals surface area contributed by atoms with Gasteiger partial charge in [-0.1, -0.05) is 0 Å². The Balaban J connectivity index is 2.06. The molecular formula is C13H22N4O2. The Hall–Kier alpha value is -1.40. The molecule has 1 aromatic heterocycles. The molecule has 19 heavy (non-hydrogen) atoms. The molecule has 6 heteroatoms. The lowest BCUT2D eigenvalue weighted by atomic mass is 9.95. The fourth-order valence-electron chi connectivity index (χ4n) is 2.90. The number of carbonyl (C=O) groups is 1. The summed E-state index contributed by atoms with van der Waals surface area (Å²) in [6.07, 6.45) is 6.49. The number of amides is 1. The molecule has 0 bridgehead atoms. The minimum atomic E-state index is -0.507. The van der Waals surface area contributed by atoms with Gasteiger partial charge in [0.05, 0.1) is 12.8 Å². The van der Waals surface area contributed by atoms with Crippen LogP contribution in [0.2, 0.25) is 0 Å². The summed E-state index contributed by atoms with van der Waals surface area (Å²) < 4.78 is 5.30. The first-order chi connectivity index (χ1) is 9.23. The molecule has 0 radical (unpaired) electrons. The van der Waals surface area contributed by atoms with E-state index in [-0.39, 0.29) is 5.91 Å². The van der Waals surface area contributed by atoms with E-state index in [1.54, 1.807) is 14.2 Å². The molecule has 106 valence electrons. The van der Waals surface area contributed by atoms with Gasteiger partial charge in [0, 0.05) is 26.9 Å². The Kier molecular flexibility index (Phi) is 4.55. The van der Waals surface area contributed by atoms with Crippen LogP contribution in [0.15, 0.2) is 12.4 Å². The van der Waals surface area contributed by atoms with Gasteiger partial charge in [-0.05, 0) is 31.4 Å². The summed E-state index contributed by atoms with van der Waals surface area (Å²) in [6.45, 7) is 2.23. The van der Waals surface area contributed by atoms with Crippen LogP contribution in [0.5, 0.6) is 0 Å². The largest absolute Gasteiger partial charge is 0.382 e. The van der Waals surface area contributed by atoms with Crippen LogP contribution in [-0.4, -0.2) is 60.4 Å². The number of methoxy groups -OCH3 is 1. The highest BCUT2D eigenvalue weighted by Gasteiger charge is 2.46. The standard InChI is InChI=1S/C13H22N4O2/c1-14-12(18)13(10-19-2)5-3-6-17(13)7-4-11-8-15-16-9-11/h8-9H,3-7,10H2,1-2H3,(H,14,18)(H,15,16). The van der Waals surface area contributed by atoms with E-state index >= 15 is 0 Å². The first-order valence-electron chi connectivity index (χ1n) is 6.67. The summed E-state index contributed by atoms with van der Waals surface area (Å²) in [5.74, 6) is 0.0547. The SMILES string of the molecule is CNC(=O)C1(COC)CCCN1CCc1cn[nH]c1. The van der Waals surface area contributed by atoms with Gasteiger partial charge >= 0.3 is 0 Å². The number of H-pyrrole nitrogens is 1. The molecule has 1 atom stereocenters. The molecule has 1 aromatic rings. The summed E-state index contributed by atoms with van der Waals surface area (Å²) in [5.41, 5.74) is 0.655. The number of nitrogens with one attached hydrogen (secondary N) is 2. The van der Waals surface area contributed by atoms with Crippen molar-refractivity contribution in [3.63, 3.8) is 0 Å². The lowest BCUT2D eigenvalue weighted by Crippen LogP contribution is -2.58. The highest BCUT2D eigenvalue weighted by Crippen LogP contribution is 2.30. The van der Waals surface area contributed by atoms with Crippen molar-refractivity contribution in [2.45, 2.75) is 24.8 Å². The van der Waals surface area contributed by atoms with Crippen LogP contribution in [0.25, 0.3) is 0 Å². The molecule has 1 saturated heterocycles. The van der Waals surface area contributed by atoms with Gasteiger partial charge in [0.2, 0.25) is 5.91 Å². The molecule has 1 amide bonds. The summed E-state index contributed by atoms with van der Waals surface area (Å²) in [4.78, 5) is 14.5. The normalized spacial score (nSPS) is 23.7. The lowest BCUT2D eigenvalue weighted by Gasteiger charge is -2.36. The van der Waals surface area contributed by atoms with Crippen molar-refractivity contribution >= 4 is 5.91 Å². The molecule has 6 nitrogen and oxygen atoms in total. The van der Waals surface area contributed by atoms with Crippen LogP contribution in [0.4, 0.5) is 0 Å². The van der Waals surface area contributed by atoms with E-state index in [4.69, 9.17) is 4.74 Å². The van der Waals surface area contributed by atoms with Crippen molar-refractivity contribution < 1.29 is 9.53 Å². The van der Waals surface area contributed by atoms with Gasteiger partial charge in [0.25, 0.3) is 0 Å². The van der Waals surface area contributed by atoms with Crippen LogP contribution in [0.3, 0.4) is 0 Å². The Morgan fingerprint density at radius 2 is 2.53 bits per heavy atom.